The van der Waals surface area contributed by atoms with Gasteiger partial charge in [0.2, 0.25) is 0 Å². The highest BCUT2D eigenvalue weighted by molar-refractivity contribution is 7.80. The molecule has 2 N–H and O–H groups in total. The second kappa shape index (κ2) is 3.68. The lowest BCUT2D eigenvalue weighted by Crippen LogP contribution is -2.10. The van der Waals surface area contributed by atoms with Crippen LogP contribution in [-0.2, 0) is 0 Å². The number of benzene rings is 1. The SMILES string of the molecule is NC(=S)c1cc([N+](=O)[O-])ccc1Cl. The molecule has 0 radical (unpaired) electrons. The summed E-state index contributed by atoms with van der Waals surface area (Å²) in [6, 6.07) is 3.95. The van der Waals surface area contributed by atoms with Crippen LogP contribution < -0.4 is 5.73 Å². The van der Waals surface area contributed by atoms with E-state index in [0.29, 0.717) is 10.6 Å². The smallest absolute Gasteiger partial charge is 0.270 e. The maximum Gasteiger partial charge on any atom is 0.270 e. The molecule has 0 spiro atoms. The fourth-order valence-corrected chi connectivity index (χ4v) is 1.26. The molecule has 0 saturated carbocycles. The zero-order chi connectivity index (χ0) is 10.0. The molecular formula is C7H5ClN2O2S. The molecule has 0 aliphatic heterocycles. The van der Waals surface area contributed by atoms with Crippen molar-refractivity contribution in [2.24, 2.45) is 5.73 Å². The van der Waals surface area contributed by atoms with E-state index in [1.54, 1.807) is 0 Å². The highest BCUT2D eigenvalue weighted by Crippen LogP contribution is 2.21. The summed E-state index contributed by atoms with van der Waals surface area (Å²) in [5, 5.41) is 10.7. The summed E-state index contributed by atoms with van der Waals surface area (Å²) in [6.45, 7) is 0. The van der Waals surface area contributed by atoms with Crippen molar-refractivity contribution in [2.45, 2.75) is 0 Å². The fourth-order valence-electron chi connectivity index (χ4n) is 0.816. The lowest BCUT2D eigenvalue weighted by atomic mass is 10.2. The van der Waals surface area contributed by atoms with Gasteiger partial charge in [0, 0.05) is 17.7 Å². The van der Waals surface area contributed by atoms with Gasteiger partial charge in [0.1, 0.15) is 4.99 Å². The maximum atomic E-state index is 10.4. The largest absolute Gasteiger partial charge is 0.389 e. The Morgan fingerprint density at radius 2 is 2.23 bits per heavy atom. The van der Waals surface area contributed by atoms with E-state index < -0.39 is 4.92 Å². The summed E-state index contributed by atoms with van der Waals surface area (Å²) < 4.78 is 0. The van der Waals surface area contributed by atoms with Crippen LogP contribution in [0, 0.1) is 10.1 Å². The molecule has 0 heterocycles. The number of non-ortho nitro benzene ring substituents is 1. The van der Waals surface area contributed by atoms with Crippen LogP contribution in [0.15, 0.2) is 18.2 Å². The lowest BCUT2D eigenvalue weighted by Gasteiger charge is -2.00. The number of nitro benzene ring substituents is 1. The number of nitrogens with zero attached hydrogens (tertiary/aromatic N) is 1. The van der Waals surface area contributed by atoms with Crippen LogP contribution in [0.25, 0.3) is 0 Å². The summed E-state index contributed by atoms with van der Waals surface area (Å²) >= 11 is 10.4. The van der Waals surface area contributed by atoms with Crippen LogP contribution >= 0.6 is 23.8 Å². The second-order valence-corrected chi connectivity index (χ2v) is 3.13. The summed E-state index contributed by atoms with van der Waals surface area (Å²) in [5.74, 6) is 0. The van der Waals surface area contributed by atoms with Crippen LogP contribution in [0.1, 0.15) is 5.56 Å². The van der Waals surface area contributed by atoms with E-state index in [9.17, 15) is 10.1 Å². The summed E-state index contributed by atoms with van der Waals surface area (Å²) in [7, 11) is 0. The van der Waals surface area contributed by atoms with Crippen molar-refractivity contribution in [1.29, 1.82) is 0 Å². The van der Waals surface area contributed by atoms with Gasteiger partial charge in [-0.3, -0.25) is 10.1 Å². The molecule has 0 saturated heterocycles. The predicted octanol–water partition coefficient (Wildman–Crippen LogP) is 1.88. The Morgan fingerprint density at radius 3 is 2.69 bits per heavy atom. The van der Waals surface area contributed by atoms with E-state index >= 15 is 0 Å². The van der Waals surface area contributed by atoms with E-state index in [-0.39, 0.29) is 10.7 Å². The first-order valence-corrected chi connectivity index (χ1v) is 4.04. The minimum absolute atomic E-state index is 0.0497. The Balaban J connectivity index is 3.27. The average Bonchev–Trinajstić information content (AvgIpc) is 2.04. The van der Waals surface area contributed by atoms with Crippen molar-refractivity contribution in [1.82, 2.24) is 0 Å². The number of rotatable bonds is 2. The van der Waals surface area contributed by atoms with Crippen molar-refractivity contribution >= 4 is 34.5 Å². The third kappa shape index (κ3) is 2.13. The third-order valence-corrected chi connectivity index (χ3v) is 1.98. The maximum absolute atomic E-state index is 10.4. The van der Waals surface area contributed by atoms with Crippen LogP contribution in [0.2, 0.25) is 5.02 Å². The Kier molecular flexibility index (Phi) is 2.79. The van der Waals surface area contributed by atoms with Gasteiger partial charge in [-0.15, -0.1) is 0 Å². The highest BCUT2D eigenvalue weighted by atomic mass is 35.5. The standard InChI is InChI=1S/C7H5ClN2O2S/c8-6-2-1-4(10(11)12)3-5(6)7(9)13/h1-3H,(H2,9,13). The first kappa shape index (κ1) is 9.88. The molecule has 0 aromatic heterocycles. The van der Waals surface area contributed by atoms with Crippen molar-refractivity contribution in [2.75, 3.05) is 0 Å². The molecule has 0 amide bonds. The number of hydrogen-bond donors (Lipinski definition) is 1. The fraction of sp³-hybridized carbons (Fsp3) is 0. The number of halogens is 1. The molecule has 0 fully saturated rings. The van der Waals surface area contributed by atoms with Crippen molar-refractivity contribution in [3.63, 3.8) is 0 Å². The lowest BCUT2D eigenvalue weighted by molar-refractivity contribution is -0.384. The molecular weight excluding hydrogens is 212 g/mol. The third-order valence-electron chi connectivity index (χ3n) is 1.43. The monoisotopic (exact) mass is 216 g/mol. The van der Waals surface area contributed by atoms with Crippen LogP contribution in [0.5, 0.6) is 0 Å². The van der Waals surface area contributed by atoms with Gasteiger partial charge in [-0.2, -0.15) is 0 Å². The van der Waals surface area contributed by atoms with E-state index in [1.165, 1.54) is 18.2 Å². The first-order valence-electron chi connectivity index (χ1n) is 3.26. The van der Waals surface area contributed by atoms with Gasteiger partial charge in [-0.1, -0.05) is 23.8 Å². The molecule has 13 heavy (non-hydrogen) atoms. The Labute approximate surface area is 84.5 Å². The van der Waals surface area contributed by atoms with E-state index in [0.717, 1.165) is 0 Å². The van der Waals surface area contributed by atoms with Gasteiger partial charge < -0.3 is 5.73 Å². The second-order valence-electron chi connectivity index (χ2n) is 2.29. The number of hydrogen-bond acceptors (Lipinski definition) is 3. The molecule has 0 aliphatic rings. The summed E-state index contributed by atoms with van der Waals surface area (Å²) in [5.41, 5.74) is 5.56. The number of nitro groups is 1. The average molecular weight is 217 g/mol. The number of thiocarbonyl (C=S) groups is 1. The van der Waals surface area contributed by atoms with Crippen molar-refractivity contribution in [3.8, 4) is 0 Å². The molecule has 0 atom stereocenters. The summed E-state index contributed by atoms with van der Waals surface area (Å²) in [4.78, 5) is 9.89. The predicted molar refractivity (Wildman–Crippen MR) is 54.0 cm³/mol. The van der Waals surface area contributed by atoms with Gasteiger partial charge in [0.15, 0.2) is 0 Å². The highest BCUT2D eigenvalue weighted by Gasteiger charge is 2.10. The molecule has 1 aromatic rings. The molecule has 1 rings (SSSR count). The normalized spacial score (nSPS) is 9.62. The summed E-state index contributed by atoms with van der Waals surface area (Å²) in [6.07, 6.45) is 0. The quantitative estimate of drug-likeness (QED) is 0.466. The minimum Gasteiger partial charge on any atom is -0.389 e. The van der Waals surface area contributed by atoms with Crippen LogP contribution in [-0.4, -0.2) is 9.91 Å². The van der Waals surface area contributed by atoms with E-state index in [2.05, 4.69) is 12.2 Å². The van der Waals surface area contributed by atoms with Gasteiger partial charge in [-0.05, 0) is 6.07 Å². The zero-order valence-electron chi connectivity index (χ0n) is 6.36. The molecule has 0 unspecified atom stereocenters. The van der Waals surface area contributed by atoms with Crippen molar-refractivity contribution < 1.29 is 4.92 Å². The van der Waals surface area contributed by atoms with Gasteiger partial charge in [0.25, 0.3) is 5.69 Å². The topological polar surface area (TPSA) is 69.2 Å². The molecule has 68 valence electrons. The zero-order valence-corrected chi connectivity index (χ0v) is 7.93. The Hall–Kier alpha value is -1.20. The molecule has 0 aliphatic carbocycles. The molecule has 6 heteroatoms. The van der Waals surface area contributed by atoms with Crippen molar-refractivity contribution in [3.05, 3.63) is 38.9 Å². The minimum atomic E-state index is -0.530. The van der Waals surface area contributed by atoms with E-state index in [4.69, 9.17) is 17.3 Å². The molecule has 1 aromatic carbocycles. The van der Waals surface area contributed by atoms with Crippen LogP contribution in [0.3, 0.4) is 0 Å². The molecule has 4 nitrogen and oxygen atoms in total. The first-order chi connectivity index (χ1) is 6.02. The Bertz CT molecular complexity index is 381. The Morgan fingerprint density at radius 1 is 1.62 bits per heavy atom. The van der Waals surface area contributed by atoms with Crippen LogP contribution in [0.4, 0.5) is 5.69 Å². The van der Waals surface area contributed by atoms with Gasteiger partial charge in [0.05, 0.1) is 9.95 Å². The number of nitrogens with two attached hydrogens (primary N) is 1. The molecule has 0 bridgehead atoms. The van der Waals surface area contributed by atoms with Gasteiger partial charge >= 0.3 is 0 Å². The van der Waals surface area contributed by atoms with Gasteiger partial charge in [-0.25, -0.2) is 0 Å². The van der Waals surface area contributed by atoms with E-state index in [1.807, 2.05) is 0 Å².